The fourth-order valence-corrected chi connectivity index (χ4v) is 2.42. The Kier molecular flexibility index (Phi) is 5.10. The summed E-state index contributed by atoms with van der Waals surface area (Å²) in [5.41, 5.74) is 2.43. The van der Waals surface area contributed by atoms with E-state index in [9.17, 15) is 0 Å². The van der Waals surface area contributed by atoms with Crippen LogP contribution in [0.1, 0.15) is 18.1 Å². The van der Waals surface area contributed by atoms with Gasteiger partial charge in [-0.1, -0.05) is 42.5 Å². The van der Waals surface area contributed by atoms with E-state index in [1.54, 1.807) is 11.8 Å². The molecule has 0 radical (unpaired) electrons. The van der Waals surface area contributed by atoms with Crippen LogP contribution in [0.15, 0.2) is 53.4 Å². The molecule has 0 aliphatic heterocycles. The zero-order valence-electron chi connectivity index (χ0n) is 11.3. The number of rotatable bonds is 5. The molecular formula is C17H18OS. The first-order valence-corrected chi connectivity index (χ1v) is 7.60. The molecule has 0 spiro atoms. The van der Waals surface area contributed by atoms with Gasteiger partial charge in [0, 0.05) is 4.90 Å². The van der Waals surface area contributed by atoms with Gasteiger partial charge in [-0.05, 0) is 42.5 Å². The first kappa shape index (κ1) is 13.8. The highest BCUT2D eigenvalue weighted by Crippen LogP contribution is 2.22. The third kappa shape index (κ3) is 3.90. The Hall–Kier alpha value is -1.67. The molecule has 0 bridgehead atoms. The van der Waals surface area contributed by atoms with Gasteiger partial charge in [0.25, 0.3) is 0 Å². The standard InChI is InChI=1S/C17H18OS/c1-3-18-16-12-9-14(10-13-16)8-11-15-6-4-5-7-17(15)19-2/h4-13H,3H2,1-2H3/b11-8-. The third-order valence-corrected chi connectivity index (χ3v) is 3.60. The molecule has 98 valence electrons. The normalized spacial score (nSPS) is 10.8. The minimum Gasteiger partial charge on any atom is -0.494 e. The Labute approximate surface area is 119 Å². The van der Waals surface area contributed by atoms with E-state index in [1.165, 1.54) is 16.0 Å². The van der Waals surface area contributed by atoms with Crippen molar-refractivity contribution in [3.05, 3.63) is 59.7 Å². The summed E-state index contributed by atoms with van der Waals surface area (Å²) < 4.78 is 5.43. The highest BCUT2D eigenvalue weighted by Gasteiger charge is 1.96. The Morgan fingerprint density at radius 2 is 1.74 bits per heavy atom. The molecule has 2 rings (SSSR count). The molecule has 0 atom stereocenters. The predicted octanol–water partition coefficient (Wildman–Crippen LogP) is 4.98. The molecule has 19 heavy (non-hydrogen) atoms. The molecule has 0 saturated carbocycles. The monoisotopic (exact) mass is 270 g/mol. The highest BCUT2D eigenvalue weighted by atomic mass is 32.2. The topological polar surface area (TPSA) is 9.23 Å². The fraction of sp³-hybridized carbons (Fsp3) is 0.176. The van der Waals surface area contributed by atoms with Crippen molar-refractivity contribution in [1.82, 2.24) is 0 Å². The number of hydrogen-bond acceptors (Lipinski definition) is 2. The zero-order valence-corrected chi connectivity index (χ0v) is 12.1. The second-order valence-electron chi connectivity index (χ2n) is 4.08. The van der Waals surface area contributed by atoms with E-state index < -0.39 is 0 Å². The minimum absolute atomic E-state index is 0.705. The lowest BCUT2D eigenvalue weighted by Gasteiger charge is -2.03. The van der Waals surface area contributed by atoms with Crippen molar-refractivity contribution in [3.8, 4) is 5.75 Å². The van der Waals surface area contributed by atoms with E-state index in [0.717, 1.165) is 5.75 Å². The molecule has 0 saturated heterocycles. The van der Waals surface area contributed by atoms with Gasteiger partial charge in [-0.25, -0.2) is 0 Å². The van der Waals surface area contributed by atoms with Crippen LogP contribution < -0.4 is 4.74 Å². The lowest BCUT2D eigenvalue weighted by Crippen LogP contribution is -1.90. The molecule has 2 heteroatoms. The maximum absolute atomic E-state index is 5.43. The molecule has 0 aromatic heterocycles. The van der Waals surface area contributed by atoms with E-state index in [4.69, 9.17) is 4.74 Å². The Balaban J connectivity index is 2.13. The quantitative estimate of drug-likeness (QED) is 0.560. The summed E-state index contributed by atoms with van der Waals surface area (Å²) in [6, 6.07) is 16.6. The number of thioether (sulfide) groups is 1. The summed E-state index contributed by atoms with van der Waals surface area (Å²) in [5, 5.41) is 0. The van der Waals surface area contributed by atoms with Crippen LogP contribution in [0.3, 0.4) is 0 Å². The average molecular weight is 270 g/mol. The van der Waals surface area contributed by atoms with E-state index in [-0.39, 0.29) is 0 Å². The molecule has 1 nitrogen and oxygen atoms in total. The van der Waals surface area contributed by atoms with Gasteiger partial charge in [0.2, 0.25) is 0 Å². The van der Waals surface area contributed by atoms with Crippen LogP contribution in [0.2, 0.25) is 0 Å². The van der Waals surface area contributed by atoms with Crippen molar-refractivity contribution in [3.63, 3.8) is 0 Å². The van der Waals surface area contributed by atoms with Crippen molar-refractivity contribution in [2.75, 3.05) is 12.9 Å². The van der Waals surface area contributed by atoms with Gasteiger partial charge >= 0.3 is 0 Å². The van der Waals surface area contributed by atoms with Gasteiger partial charge in [-0.2, -0.15) is 0 Å². The van der Waals surface area contributed by atoms with Gasteiger partial charge in [0.05, 0.1) is 6.61 Å². The second kappa shape index (κ2) is 7.05. The molecule has 0 aliphatic rings. The zero-order chi connectivity index (χ0) is 13.5. The Bertz CT molecular complexity index is 543. The van der Waals surface area contributed by atoms with Crippen LogP contribution in [-0.4, -0.2) is 12.9 Å². The summed E-state index contributed by atoms with van der Waals surface area (Å²) in [4.78, 5) is 1.30. The maximum atomic E-state index is 5.43. The van der Waals surface area contributed by atoms with Gasteiger partial charge in [-0.15, -0.1) is 11.8 Å². The SMILES string of the molecule is CCOc1ccc(/C=C\c2ccccc2SC)cc1. The van der Waals surface area contributed by atoms with Gasteiger partial charge in [-0.3, -0.25) is 0 Å². The molecule has 0 fully saturated rings. The number of benzene rings is 2. The van der Waals surface area contributed by atoms with Crippen LogP contribution in [0.4, 0.5) is 0 Å². The summed E-state index contributed by atoms with van der Waals surface area (Å²) >= 11 is 1.77. The van der Waals surface area contributed by atoms with Gasteiger partial charge in [0.1, 0.15) is 5.75 Å². The van der Waals surface area contributed by atoms with Crippen LogP contribution in [0.25, 0.3) is 12.2 Å². The van der Waals surface area contributed by atoms with Crippen molar-refractivity contribution >= 4 is 23.9 Å². The summed E-state index contributed by atoms with van der Waals surface area (Å²) in [6.07, 6.45) is 6.38. The van der Waals surface area contributed by atoms with E-state index >= 15 is 0 Å². The number of hydrogen-bond donors (Lipinski definition) is 0. The maximum Gasteiger partial charge on any atom is 0.119 e. The molecule has 0 unspecified atom stereocenters. The fourth-order valence-electron chi connectivity index (χ4n) is 1.83. The minimum atomic E-state index is 0.705. The molecular weight excluding hydrogens is 252 g/mol. The van der Waals surface area contributed by atoms with Crippen LogP contribution >= 0.6 is 11.8 Å². The molecule has 0 N–H and O–H groups in total. The van der Waals surface area contributed by atoms with Crippen molar-refractivity contribution in [2.45, 2.75) is 11.8 Å². The van der Waals surface area contributed by atoms with Crippen LogP contribution in [0, 0.1) is 0 Å². The first-order valence-electron chi connectivity index (χ1n) is 6.37. The lowest BCUT2D eigenvalue weighted by molar-refractivity contribution is 0.340. The average Bonchev–Trinajstić information content (AvgIpc) is 2.47. The molecule has 0 heterocycles. The van der Waals surface area contributed by atoms with Gasteiger partial charge in [0.15, 0.2) is 0 Å². The van der Waals surface area contributed by atoms with Crippen molar-refractivity contribution in [2.24, 2.45) is 0 Å². The lowest BCUT2D eigenvalue weighted by atomic mass is 10.1. The molecule has 2 aromatic rings. The van der Waals surface area contributed by atoms with Gasteiger partial charge < -0.3 is 4.74 Å². The second-order valence-corrected chi connectivity index (χ2v) is 4.93. The predicted molar refractivity (Wildman–Crippen MR) is 84.8 cm³/mol. The summed E-state index contributed by atoms with van der Waals surface area (Å²) in [5.74, 6) is 0.921. The largest absolute Gasteiger partial charge is 0.494 e. The van der Waals surface area contributed by atoms with E-state index in [2.05, 4.69) is 54.8 Å². The Morgan fingerprint density at radius 1 is 1.00 bits per heavy atom. The first-order chi connectivity index (χ1) is 9.33. The molecule has 0 aliphatic carbocycles. The summed E-state index contributed by atoms with van der Waals surface area (Å²) in [6.45, 7) is 2.70. The third-order valence-electron chi connectivity index (χ3n) is 2.79. The van der Waals surface area contributed by atoms with Crippen LogP contribution in [-0.2, 0) is 0 Å². The summed E-state index contributed by atoms with van der Waals surface area (Å²) in [7, 11) is 0. The van der Waals surface area contributed by atoms with Crippen molar-refractivity contribution in [1.29, 1.82) is 0 Å². The van der Waals surface area contributed by atoms with E-state index in [0.29, 0.717) is 6.61 Å². The highest BCUT2D eigenvalue weighted by molar-refractivity contribution is 7.98. The van der Waals surface area contributed by atoms with Crippen LogP contribution in [0.5, 0.6) is 5.75 Å². The Morgan fingerprint density at radius 3 is 2.42 bits per heavy atom. The molecule has 0 amide bonds. The van der Waals surface area contributed by atoms with Crippen molar-refractivity contribution < 1.29 is 4.74 Å². The van der Waals surface area contributed by atoms with E-state index in [1.807, 2.05) is 19.1 Å². The number of ether oxygens (including phenoxy) is 1. The molecule has 2 aromatic carbocycles. The smallest absolute Gasteiger partial charge is 0.119 e.